The van der Waals surface area contributed by atoms with Crippen LogP contribution in [0.15, 0.2) is 54.7 Å². The van der Waals surface area contributed by atoms with Gasteiger partial charge in [-0.3, -0.25) is 14.2 Å². The van der Waals surface area contributed by atoms with Gasteiger partial charge in [0.2, 0.25) is 10.0 Å². The number of aromatic nitrogens is 1. The zero-order chi connectivity index (χ0) is 23.8. The molecular weight excluding hydrogens is 438 g/mol. The minimum atomic E-state index is -3.31. The van der Waals surface area contributed by atoms with Crippen LogP contribution in [0, 0.1) is 0 Å². The Kier molecular flexibility index (Phi) is 6.24. The maximum Gasteiger partial charge on any atom is 0.419 e. The highest BCUT2D eigenvalue weighted by molar-refractivity contribution is 7.92. The Bertz CT molecular complexity index is 1270. The van der Waals surface area contributed by atoms with E-state index in [4.69, 9.17) is 4.74 Å². The van der Waals surface area contributed by atoms with Gasteiger partial charge in [0.1, 0.15) is 5.60 Å². The van der Waals surface area contributed by atoms with Crippen molar-refractivity contribution in [2.75, 3.05) is 24.1 Å². The molecule has 1 aromatic heterocycles. The zero-order valence-corrected chi connectivity index (χ0v) is 20.4. The molecule has 1 saturated heterocycles. The zero-order valence-electron chi connectivity index (χ0n) is 19.5. The SMILES string of the molecule is CC(C)(C)OC(=O)n1cc(CN2CCC(c3cccc(NS(C)(=O)=O)c3)C2)c2ccccc21. The standard InChI is InChI=1S/C25H31N3O4S/c1-25(2,3)32-24(29)28-17-20(22-10-5-6-11-23(22)28)16-27-13-12-19(15-27)18-8-7-9-21(14-18)26-33(4,30)31/h5-11,14,17,19,26H,12-13,15-16H2,1-4H3. The number of ether oxygens (including phenoxy) is 1. The number of likely N-dealkylation sites (tertiary alicyclic amines) is 1. The number of carbonyl (C=O) groups excluding carboxylic acids is 1. The van der Waals surface area contributed by atoms with E-state index in [1.165, 1.54) is 0 Å². The maximum atomic E-state index is 12.8. The van der Waals surface area contributed by atoms with E-state index in [2.05, 4.69) is 15.7 Å². The van der Waals surface area contributed by atoms with Crippen LogP contribution in [0.3, 0.4) is 0 Å². The fraction of sp³-hybridized carbons (Fsp3) is 0.400. The first-order valence-corrected chi connectivity index (χ1v) is 13.0. The molecule has 0 aliphatic carbocycles. The second-order valence-electron chi connectivity index (χ2n) is 9.74. The molecule has 33 heavy (non-hydrogen) atoms. The fourth-order valence-electron chi connectivity index (χ4n) is 4.40. The highest BCUT2D eigenvalue weighted by Gasteiger charge is 2.26. The van der Waals surface area contributed by atoms with Crippen LogP contribution < -0.4 is 4.72 Å². The van der Waals surface area contributed by atoms with Gasteiger partial charge in [0.15, 0.2) is 0 Å². The van der Waals surface area contributed by atoms with Gasteiger partial charge >= 0.3 is 6.09 Å². The second kappa shape index (κ2) is 8.83. The lowest BCUT2D eigenvalue weighted by atomic mass is 9.98. The second-order valence-corrected chi connectivity index (χ2v) is 11.5. The molecule has 1 aliphatic rings. The first kappa shape index (κ1) is 23.3. The smallest absolute Gasteiger partial charge is 0.419 e. The van der Waals surface area contributed by atoms with Gasteiger partial charge in [-0.25, -0.2) is 13.2 Å². The Hall–Kier alpha value is -2.84. The van der Waals surface area contributed by atoms with E-state index < -0.39 is 15.6 Å². The van der Waals surface area contributed by atoms with Crippen LogP contribution >= 0.6 is 0 Å². The van der Waals surface area contributed by atoms with Crippen molar-refractivity contribution in [3.8, 4) is 0 Å². The lowest BCUT2D eigenvalue weighted by molar-refractivity contribution is 0.0544. The van der Waals surface area contributed by atoms with E-state index in [9.17, 15) is 13.2 Å². The molecule has 1 N–H and O–H groups in total. The summed E-state index contributed by atoms with van der Waals surface area (Å²) in [6.07, 6.45) is 3.67. The number of hydrogen-bond acceptors (Lipinski definition) is 5. The third-order valence-electron chi connectivity index (χ3n) is 5.71. The topological polar surface area (TPSA) is 80.6 Å². The van der Waals surface area contributed by atoms with Gasteiger partial charge in [0.25, 0.3) is 0 Å². The van der Waals surface area contributed by atoms with Gasteiger partial charge in [-0.05, 0) is 69.0 Å². The molecular formula is C25H31N3O4S. The van der Waals surface area contributed by atoms with Gasteiger partial charge in [-0.2, -0.15) is 0 Å². The normalized spacial score (nSPS) is 17.4. The quantitative estimate of drug-likeness (QED) is 0.581. The molecule has 0 amide bonds. The fourth-order valence-corrected chi connectivity index (χ4v) is 4.95. The van der Waals surface area contributed by atoms with E-state index in [0.717, 1.165) is 54.3 Å². The molecule has 8 heteroatoms. The van der Waals surface area contributed by atoms with E-state index in [1.54, 1.807) is 10.6 Å². The monoisotopic (exact) mass is 469 g/mol. The van der Waals surface area contributed by atoms with E-state index >= 15 is 0 Å². The molecule has 4 rings (SSSR count). The minimum absolute atomic E-state index is 0.325. The number of rotatable bonds is 5. The first-order chi connectivity index (χ1) is 15.5. The van der Waals surface area contributed by atoms with Crippen LogP contribution in [0.5, 0.6) is 0 Å². The Morgan fingerprint density at radius 3 is 2.64 bits per heavy atom. The molecule has 2 aromatic carbocycles. The van der Waals surface area contributed by atoms with E-state index in [-0.39, 0.29) is 6.09 Å². The average Bonchev–Trinajstić information content (AvgIpc) is 3.31. The average molecular weight is 470 g/mol. The number of benzene rings is 2. The van der Waals surface area contributed by atoms with Crippen molar-refractivity contribution in [2.24, 2.45) is 0 Å². The highest BCUT2D eigenvalue weighted by atomic mass is 32.2. The molecule has 1 fully saturated rings. The molecule has 0 saturated carbocycles. The van der Waals surface area contributed by atoms with Crippen molar-refractivity contribution in [3.63, 3.8) is 0 Å². The molecule has 1 aliphatic heterocycles. The van der Waals surface area contributed by atoms with Gasteiger partial charge in [0.05, 0.1) is 11.8 Å². The Morgan fingerprint density at radius 1 is 1.15 bits per heavy atom. The summed E-state index contributed by atoms with van der Waals surface area (Å²) in [5, 5.41) is 1.05. The maximum absolute atomic E-state index is 12.8. The number of anilines is 1. The van der Waals surface area contributed by atoms with Gasteiger partial charge < -0.3 is 4.74 Å². The summed E-state index contributed by atoms with van der Waals surface area (Å²) >= 11 is 0. The largest absolute Gasteiger partial charge is 0.443 e. The summed E-state index contributed by atoms with van der Waals surface area (Å²) in [6, 6.07) is 15.5. The van der Waals surface area contributed by atoms with Crippen LogP contribution in [0.25, 0.3) is 10.9 Å². The van der Waals surface area contributed by atoms with Crippen molar-refractivity contribution >= 4 is 32.7 Å². The third-order valence-corrected chi connectivity index (χ3v) is 6.32. The predicted octanol–water partition coefficient (Wildman–Crippen LogP) is 4.79. The molecule has 7 nitrogen and oxygen atoms in total. The Labute approximate surface area is 195 Å². The van der Waals surface area contributed by atoms with Crippen LogP contribution in [0.2, 0.25) is 0 Å². The lowest BCUT2D eigenvalue weighted by Crippen LogP contribution is -2.26. The first-order valence-electron chi connectivity index (χ1n) is 11.1. The van der Waals surface area contributed by atoms with Gasteiger partial charge in [-0.15, -0.1) is 0 Å². The Balaban J connectivity index is 1.51. The van der Waals surface area contributed by atoms with Crippen LogP contribution in [0.1, 0.15) is 44.2 Å². The lowest BCUT2D eigenvalue weighted by Gasteiger charge is -2.19. The number of carbonyl (C=O) groups is 1. The van der Waals surface area contributed by atoms with Crippen molar-refractivity contribution in [1.29, 1.82) is 0 Å². The van der Waals surface area contributed by atoms with Gasteiger partial charge in [-0.1, -0.05) is 30.3 Å². The van der Waals surface area contributed by atoms with E-state index in [0.29, 0.717) is 11.6 Å². The number of sulfonamides is 1. The summed E-state index contributed by atoms with van der Waals surface area (Å²) in [4.78, 5) is 15.1. The molecule has 1 atom stereocenters. The van der Waals surface area contributed by atoms with Crippen molar-refractivity contribution in [1.82, 2.24) is 9.47 Å². The molecule has 0 spiro atoms. The van der Waals surface area contributed by atoms with E-state index in [1.807, 2.05) is 63.4 Å². The minimum Gasteiger partial charge on any atom is -0.443 e. The number of nitrogens with zero attached hydrogens (tertiary/aromatic N) is 2. The predicted molar refractivity (Wildman–Crippen MR) is 131 cm³/mol. The van der Waals surface area contributed by atoms with Gasteiger partial charge in [0, 0.05) is 30.4 Å². The van der Waals surface area contributed by atoms with Crippen molar-refractivity contribution in [3.05, 3.63) is 65.9 Å². The summed E-state index contributed by atoms with van der Waals surface area (Å²) in [5.74, 6) is 0.325. The number of nitrogens with one attached hydrogen (secondary N) is 1. The number of para-hydroxylation sites is 1. The molecule has 0 radical (unpaired) electrons. The van der Waals surface area contributed by atoms with Crippen molar-refractivity contribution in [2.45, 2.75) is 45.3 Å². The molecule has 0 bridgehead atoms. The molecule has 3 aromatic rings. The highest BCUT2D eigenvalue weighted by Crippen LogP contribution is 2.31. The Morgan fingerprint density at radius 2 is 1.91 bits per heavy atom. The summed E-state index contributed by atoms with van der Waals surface area (Å²) in [6.45, 7) is 8.12. The molecule has 1 unspecified atom stereocenters. The van der Waals surface area contributed by atoms with Crippen LogP contribution in [-0.4, -0.2) is 48.9 Å². The molecule has 2 heterocycles. The van der Waals surface area contributed by atoms with Crippen LogP contribution in [0.4, 0.5) is 10.5 Å². The van der Waals surface area contributed by atoms with Crippen LogP contribution in [-0.2, 0) is 21.3 Å². The van der Waals surface area contributed by atoms with Crippen molar-refractivity contribution < 1.29 is 17.9 Å². The number of fused-ring (bicyclic) bond motifs is 1. The summed E-state index contributed by atoms with van der Waals surface area (Å²) in [7, 11) is -3.31. The third kappa shape index (κ3) is 5.75. The number of hydrogen-bond donors (Lipinski definition) is 1. The summed E-state index contributed by atoms with van der Waals surface area (Å²) < 4.78 is 32.9. The molecule has 176 valence electrons. The summed E-state index contributed by atoms with van der Waals surface area (Å²) in [5.41, 5.74) is 3.09.